The van der Waals surface area contributed by atoms with Crippen LogP contribution in [0.15, 0.2) is 46.8 Å². The molecule has 0 radical (unpaired) electrons. The number of thiophene rings is 1. The largest absolute Gasteiger partial charge is 0.356 e. The highest BCUT2D eigenvalue weighted by Gasteiger charge is 2.04. The SMILES string of the molecule is CN=C(NCCc1cccs1)NCC(=O)Nc1ccc(F)cc1.I. The molecule has 3 N–H and O–H groups in total. The summed E-state index contributed by atoms with van der Waals surface area (Å²) in [6.45, 7) is 0.815. The smallest absolute Gasteiger partial charge is 0.243 e. The highest BCUT2D eigenvalue weighted by Crippen LogP contribution is 2.08. The Morgan fingerprint density at radius 1 is 1.21 bits per heavy atom. The summed E-state index contributed by atoms with van der Waals surface area (Å²) in [5, 5.41) is 10.8. The van der Waals surface area contributed by atoms with E-state index in [1.165, 1.54) is 29.1 Å². The molecule has 1 aromatic carbocycles. The van der Waals surface area contributed by atoms with E-state index < -0.39 is 0 Å². The van der Waals surface area contributed by atoms with Crippen molar-refractivity contribution >= 4 is 52.9 Å². The van der Waals surface area contributed by atoms with Crippen LogP contribution in [0.5, 0.6) is 0 Å². The number of nitrogens with zero attached hydrogens (tertiary/aromatic N) is 1. The van der Waals surface area contributed by atoms with Gasteiger partial charge in [-0.15, -0.1) is 35.3 Å². The number of halogens is 2. The van der Waals surface area contributed by atoms with E-state index in [-0.39, 0.29) is 42.2 Å². The van der Waals surface area contributed by atoms with Crippen LogP contribution in [0.3, 0.4) is 0 Å². The Labute approximate surface area is 161 Å². The van der Waals surface area contributed by atoms with Crippen LogP contribution in [-0.2, 0) is 11.2 Å². The number of rotatable bonds is 6. The monoisotopic (exact) mass is 462 g/mol. The average molecular weight is 462 g/mol. The van der Waals surface area contributed by atoms with Crippen molar-refractivity contribution in [1.29, 1.82) is 0 Å². The highest BCUT2D eigenvalue weighted by molar-refractivity contribution is 14.0. The van der Waals surface area contributed by atoms with Gasteiger partial charge in [0.05, 0.1) is 6.54 Å². The van der Waals surface area contributed by atoms with Crippen molar-refractivity contribution in [3.8, 4) is 0 Å². The zero-order chi connectivity index (χ0) is 16.5. The molecule has 0 aliphatic heterocycles. The maximum absolute atomic E-state index is 12.8. The van der Waals surface area contributed by atoms with Crippen LogP contribution in [0.2, 0.25) is 0 Å². The maximum Gasteiger partial charge on any atom is 0.243 e. The molecule has 2 aromatic rings. The Morgan fingerprint density at radius 2 is 1.96 bits per heavy atom. The standard InChI is InChI=1S/C16H19FN4OS.HI/c1-18-16(19-9-8-14-3-2-10-23-14)20-11-15(22)21-13-6-4-12(17)5-7-13;/h2-7,10H,8-9,11H2,1H3,(H,21,22)(H2,18,19,20);1H. The quantitative estimate of drug-likeness (QED) is 0.352. The summed E-state index contributed by atoms with van der Waals surface area (Å²) in [6.07, 6.45) is 0.903. The molecule has 1 amide bonds. The number of benzene rings is 1. The number of hydrogen-bond donors (Lipinski definition) is 3. The van der Waals surface area contributed by atoms with Gasteiger partial charge in [0.15, 0.2) is 5.96 Å². The van der Waals surface area contributed by atoms with Gasteiger partial charge in [-0.2, -0.15) is 0 Å². The first-order chi connectivity index (χ1) is 11.2. The van der Waals surface area contributed by atoms with Crippen molar-refractivity contribution in [3.05, 3.63) is 52.5 Å². The van der Waals surface area contributed by atoms with E-state index in [1.807, 2.05) is 11.4 Å². The maximum atomic E-state index is 12.8. The van der Waals surface area contributed by atoms with Crippen LogP contribution < -0.4 is 16.0 Å². The molecule has 0 unspecified atom stereocenters. The first kappa shape index (κ1) is 20.4. The molecule has 0 saturated heterocycles. The van der Waals surface area contributed by atoms with Crippen LogP contribution in [-0.4, -0.2) is 32.0 Å². The predicted molar refractivity (Wildman–Crippen MR) is 108 cm³/mol. The Balaban J connectivity index is 0.00000288. The van der Waals surface area contributed by atoms with E-state index in [0.717, 1.165) is 13.0 Å². The van der Waals surface area contributed by atoms with Crippen molar-refractivity contribution < 1.29 is 9.18 Å². The van der Waals surface area contributed by atoms with Gasteiger partial charge in [-0.1, -0.05) is 6.07 Å². The number of amides is 1. The van der Waals surface area contributed by atoms with E-state index in [4.69, 9.17) is 0 Å². The Morgan fingerprint density at radius 3 is 2.58 bits per heavy atom. The van der Waals surface area contributed by atoms with Crippen LogP contribution in [0.1, 0.15) is 4.88 Å². The fourth-order valence-electron chi connectivity index (χ4n) is 1.88. The minimum absolute atomic E-state index is 0. The van der Waals surface area contributed by atoms with E-state index in [2.05, 4.69) is 27.0 Å². The molecule has 0 bridgehead atoms. The molecular formula is C16H20FIN4OS. The number of hydrogen-bond acceptors (Lipinski definition) is 3. The Hall–Kier alpha value is -1.68. The molecule has 1 heterocycles. The molecule has 2 rings (SSSR count). The average Bonchev–Trinajstić information content (AvgIpc) is 3.06. The lowest BCUT2D eigenvalue weighted by molar-refractivity contribution is -0.115. The van der Waals surface area contributed by atoms with Gasteiger partial charge in [0.2, 0.25) is 5.91 Å². The highest BCUT2D eigenvalue weighted by atomic mass is 127. The van der Waals surface area contributed by atoms with E-state index in [0.29, 0.717) is 11.6 Å². The van der Waals surface area contributed by atoms with Crippen LogP contribution in [0.4, 0.5) is 10.1 Å². The number of carbonyl (C=O) groups is 1. The van der Waals surface area contributed by atoms with Gasteiger partial charge in [0, 0.05) is 24.2 Å². The lowest BCUT2D eigenvalue weighted by atomic mass is 10.3. The molecule has 5 nitrogen and oxygen atoms in total. The third-order valence-electron chi connectivity index (χ3n) is 3.01. The first-order valence-corrected chi connectivity index (χ1v) is 8.07. The second-order valence-electron chi connectivity index (χ2n) is 4.74. The second-order valence-corrected chi connectivity index (χ2v) is 5.77. The summed E-state index contributed by atoms with van der Waals surface area (Å²) in [4.78, 5) is 17.2. The van der Waals surface area contributed by atoms with Crippen LogP contribution in [0.25, 0.3) is 0 Å². The topological polar surface area (TPSA) is 65.5 Å². The van der Waals surface area contributed by atoms with Gasteiger partial charge >= 0.3 is 0 Å². The van der Waals surface area contributed by atoms with E-state index in [9.17, 15) is 9.18 Å². The Bertz CT molecular complexity index is 647. The molecule has 130 valence electrons. The van der Waals surface area contributed by atoms with Crippen LogP contribution in [0, 0.1) is 5.82 Å². The summed E-state index contributed by atoms with van der Waals surface area (Å²) < 4.78 is 12.8. The fraction of sp³-hybridized carbons (Fsp3) is 0.250. The summed E-state index contributed by atoms with van der Waals surface area (Å²) in [5.41, 5.74) is 0.554. The lowest BCUT2D eigenvalue weighted by Crippen LogP contribution is -2.42. The van der Waals surface area contributed by atoms with Gasteiger partial charge < -0.3 is 16.0 Å². The van der Waals surface area contributed by atoms with Gasteiger partial charge in [-0.25, -0.2) is 4.39 Å². The number of anilines is 1. The number of nitrogens with one attached hydrogen (secondary N) is 3. The molecule has 24 heavy (non-hydrogen) atoms. The van der Waals surface area contributed by atoms with Gasteiger partial charge in [-0.3, -0.25) is 9.79 Å². The van der Waals surface area contributed by atoms with E-state index in [1.54, 1.807) is 18.4 Å². The minimum Gasteiger partial charge on any atom is -0.356 e. The molecule has 8 heteroatoms. The van der Waals surface area contributed by atoms with Crippen molar-refractivity contribution in [1.82, 2.24) is 10.6 Å². The van der Waals surface area contributed by atoms with E-state index >= 15 is 0 Å². The molecule has 0 aliphatic carbocycles. The van der Waals surface area contributed by atoms with Crippen molar-refractivity contribution in [2.75, 3.05) is 25.5 Å². The number of guanidine groups is 1. The summed E-state index contributed by atoms with van der Waals surface area (Å²) >= 11 is 1.71. The third-order valence-corrected chi connectivity index (χ3v) is 3.95. The lowest BCUT2D eigenvalue weighted by Gasteiger charge is -2.11. The van der Waals surface area contributed by atoms with Crippen LogP contribution >= 0.6 is 35.3 Å². The predicted octanol–water partition coefficient (Wildman–Crippen LogP) is 2.85. The fourth-order valence-corrected chi connectivity index (χ4v) is 2.59. The summed E-state index contributed by atoms with van der Waals surface area (Å²) in [6, 6.07) is 9.73. The molecule has 1 aromatic heterocycles. The molecular weight excluding hydrogens is 442 g/mol. The summed E-state index contributed by atoms with van der Waals surface area (Å²) in [5.74, 6) is 0.00472. The summed E-state index contributed by atoms with van der Waals surface area (Å²) in [7, 11) is 1.65. The molecule has 0 fully saturated rings. The van der Waals surface area contributed by atoms with Gasteiger partial charge in [-0.05, 0) is 42.1 Å². The minimum atomic E-state index is -0.337. The normalized spacial score (nSPS) is 10.7. The third kappa shape index (κ3) is 7.26. The van der Waals surface area contributed by atoms with Crippen molar-refractivity contribution in [3.63, 3.8) is 0 Å². The first-order valence-electron chi connectivity index (χ1n) is 7.19. The molecule has 0 aliphatic rings. The molecule has 0 atom stereocenters. The number of carbonyl (C=O) groups excluding carboxylic acids is 1. The van der Waals surface area contributed by atoms with Crippen molar-refractivity contribution in [2.24, 2.45) is 4.99 Å². The molecule has 0 spiro atoms. The van der Waals surface area contributed by atoms with Gasteiger partial charge in [0.1, 0.15) is 5.82 Å². The zero-order valence-corrected chi connectivity index (χ0v) is 16.4. The zero-order valence-electron chi connectivity index (χ0n) is 13.2. The second kappa shape index (κ2) is 11.0. The Kier molecular flexibility index (Phi) is 9.31. The molecule has 0 saturated carbocycles. The van der Waals surface area contributed by atoms with Gasteiger partial charge in [0.25, 0.3) is 0 Å². The van der Waals surface area contributed by atoms with Crippen molar-refractivity contribution in [2.45, 2.75) is 6.42 Å². The number of aliphatic imine (C=N–C) groups is 1.